The Morgan fingerprint density at radius 2 is 2.04 bits per heavy atom. The number of rotatable bonds is 5. The van der Waals surface area contributed by atoms with E-state index in [9.17, 15) is 10.1 Å². The fraction of sp³-hybridized carbons (Fsp3) is 0.235. The number of hydrogen-bond donors (Lipinski definition) is 1. The van der Waals surface area contributed by atoms with Crippen LogP contribution in [0.15, 0.2) is 35.5 Å². The number of amides is 1. The first-order valence-corrected chi connectivity index (χ1v) is 8.84. The summed E-state index contributed by atoms with van der Waals surface area (Å²) < 4.78 is 3.39. The molecule has 1 amide bonds. The number of benzene rings is 1. The predicted molar refractivity (Wildman–Crippen MR) is 98.1 cm³/mol. The number of nitrogens with one attached hydrogen (secondary N) is 1. The Hall–Kier alpha value is -3.12. The number of nitriles is 1. The molecule has 2 heterocycles. The number of thioether (sulfide) groups is 1. The highest BCUT2D eigenvalue weighted by molar-refractivity contribution is 7.99. The minimum absolute atomic E-state index is 0.136. The van der Waals surface area contributed by atoms with Crippen LogP contribution >= 0.6 is 11.8 Å². The van der Waals surface area contributed by atoms with Gasteiger partial charge in [0.15, 0.2) is 0 Å². The zero-order valence-electron chi connectivity index (χ0n) is 14.6. The smallest absolute Gasteiger partial charge is 0.236 e. The number of aromatic nitrogens is 5. The number of para-hydroxylation sites is 1. The molecule has 0 radical (unpaired) electrons. The molecule has 2 aromatic heterocycles. The highest BCUT2D eigenvalue weighted by Crippen LogP contribution is 2.30. The van der Waals surface area contributed by atoms with Gasteiger partial charge >= 0.3 is 0 Å². The largest absolute Gasteiger partial charge is 0.310 e. The summed E-state index contributed by atoms with van der Waals surface area (Å²) >= 11 is 1.23. The Labute approximate surface area is 154 Å². The molecular formula is C17H17N7OS. The van der Waals surface area contributed by atoms with Gasteiger partial charge in [-0.25, -0.2) is 4.68 Å². The molecule has 0 saturated heterocycles. The molecule has 8 nitrogen and oxygen atoms in total. The van der Waals surface area contributed by atoms with Crippen molar-refractivity contribution >= 4 is 23.5 Å². The van der Waals surface area contributed by atoms with E-state index in [1.54, 1.807) is 7.05 Å². The van der Waals surface area contributed by atoms with Gasteiger partial charge in [0.1, 0.15) is 11.9 Å². The average molecular weight is 367 g/mol. The van der Waals surface area contributed by atoms with E-state index in [0.29, 0.717) is 16.5 Å². The number of anilines is 1. The Bertz CT molecular complexity index is 985. The van der Waals surface area contributed by atoms with Gasteiger partial charge in [0.05, 0.1) is 11.3 Å². The van der Waals surface area contributed by atoms with Crippen LogP contribution in [0.25, 0.3) is 5.69 Å². The van der Waals surface area contributed by atoms with E-state index in [1.807, 2.05) is 48.7 Å². The van der Waals surface area contributed by atoms with Crippen molar-refractivity contribution in [3.63, 3.8) is 0 Å². The normalized spacial score (nSPS) is 10.5. The molecule has 0 aliphatic heterocycles. The van der Waals surface area contributed by atoms with Crippen molar-refractivity contribution in [1.29, 1.82) is 5.26 Å². The molecule has 26 heavy (non-hydrogen) atoms. The molecule has 0 unspecified atom stereocenters. The third-order valence-electron chi connectivity index (χ3n) is 4.01. The third kappa shape index (κ3) is 3.32. The summed E-state index contributed by atoms with van der Waals surface area (Å²) in [5.41, 5.74) is 3.10. The van der Waals surface area contributed by atoms with Crippen molar-refractivity contribution in [3.8, 4) is 11.8 Å². The Morgan fingerprint density at radius 3 is 2.65 bits per heavy atom. The number of carbonyl (C=O) groups is 1. The SMILES string of the molecule is Cc1c(C#N)c(NC(=O)CSc2nnnn2C)n(-c2ccccc2)c1C. The summed E-state index contributed by atoms with van der Waals surface area (Å²) in [6.07, 6.45) is 0. The monoisotopic (exact) mass is 367 g/mol. The van der Waals surface area contributed by atoms with E-state index in [2.05, 4.69) is 26.9 Å². The van der Waals surface area contributed by atoms with Crippen LogP contribution in [0, 0.1) is 25.2 Å². The summed E-state index contributed by atoms with van der Waals surface area (Å²) in [6.45, 7) is 3.81. The van der Waals surface area contributed by atoms with Gasteiger partial charge in [0.25, 0.3) is 0 Å². The molecule has 1 aromatic carbocycles. The van der Waals surface area contributed by atoms with Crippen LogP contribution in [0.2, 0.25) is 0 Å². The van der Waals surface area contributed by atoms with Crippen LogP contribution in [-0.4, -0.2) is 36.4 Å². The van der Waals surface area contributed by atoms with Crippen molar-refractivity contribution in [2.75, 3.05) is 11.1 Å². The highest BCUT2D eigenvalue weighted by Gasteiger charge is 2.21. The highest BCUT2D eigenvalue weighted by atomic mass is 32.2. The van der Waals surface area contributed by atoms with Crippen molar-refractivity contribution in [1.82, 2.24) is 24.8 Å². The summed E-state index contributed by atoms with van der Waals surface area (Å²) in [5.74, 6) is 0.386. The van der Waals surface area contributed by atoms with E-state index >= 15 is 0 Å². The van der Waals surface area contributed by atoms with Gasteiger partial charge in [-0.1, -0.05) is 30.0 Å². The van der Waals surface area contributed by atoms with Gasteiger partial charge in [0, 0.05) is 18.4 Å². The van der Waals surface area contributed by atoms with Crippen LogP contribution in [0.1, 0.15) is 16.8 Å². The minimum Gasteiger partial charge on any atom is -0.310 e. The molecule has 132 valence electrons. The van der Waals surface area contributed by atoms with E-state index < -0.39 is 0 Å². The van der Waals surface area contributed by atoms with E-state index in [1.165, 1.54) is 16.4 Å². The standard InChI is InChI=1S/C17H17N7OS/c1-11-12(2)24(13-7-5-4-6-8-13)16(14(11)9-18)19-15(25)10-26-17-20-21-22-23(17)3/h4-8H,10H2,1-3H3,(H,19,25). The van der Waals surface area contributed by atoms with Gasteiger partial charge in [-0.2, -0.15) is 5.26 Å². The van der Waals surface area contributed by atoms with Gasteiger partial charge in [-0.3, -0.25) is 9.36 Å². The topological polar surface area (TPSA) is 101 Å². The van der Waals surface area contributed by atoms with Crippen molar-refractivity contribution in [3.05, 3.63) is 47.2 Å². The van der Waals surface area contributed by atoms with Gasteiger partial charge in [0.2, 0.25) is 11.1 Å². The molecule has 0 aliphatic rings. The Kier molecular flexibility index (Phi) is 5.04. The molecule has 1 N–H and O–H groups in total. The fourth-order valence-corrected chi connectivity index (χ4v) is 3.25. The summed E-state index contributed by atoms with van der Waals surface area (Å²) in [5, 5.41) is 24.1. The molecule has 0 atom stereocenters. The van der Waals surface area contributed by atoms with Crippen molar-refractivity contribution < 1.29 is 4.79 Å². The molecule has 0 bridgehead atoms. The molecule has 0 aliphatic carbocycles. The maximum Gasteiger partial charge on any atom is 0.236 e. The molecule has 9 heteroatoms. The second kappa shape index (κ2) is 7.41. The maximum atomic E-state index is 12.5. The lowest BCUT2D eigenvalue weighted by Gasteiger charge is -2.13. The zero-order valence-corrected chi connectivity index (χ0v) is 15.4. The lowest BCUT2D eigenvalue weighted by atomic mass is 10.2. The zero-order chi connectivity index (χ0) is 18.7. The molecule has 0 fully saturated rings. The molecular weight excluding hydrogens is 350 g/mol. The maximum absolute atomic E-state index is 12.5. The predicted octanol–water partition coefficient (Wildman–Crippen LogP) is 2.22. The number of aryl methyl sites for hydroxylation is 1. The first-order chi connectivity index (χ1) is 12.5. The fourth-order valence-electron chi connectivity index (χ4n) is 2.60. The van der Waals surface area contributed by atoms with E-state index in [4.69, 9.17) is 0 Å². The van der Waals surface area contributed by atoms with Crippen LogP contribution in [-0.2, 0) is 11.8 Å². The molecule has 3 rings (SSSR count). The number of nitrogens with zero attached hydrogens (tertiary/aromatic N) is 6. The average Bonchev–Trinajstić information content (AvgIpc) is 3.15. The number of carbonyl (C=O) groups excluding carboxylic acids is 1. The van der Waals surface area contributed by atoms with Gasteiger partial charge < -0.3 is 5.32 Å². The lowest BCUT2D eigenvalue weighted by molar-refractivity contribution is -0.113. The first-order valence-electron chi connectivity index (χ1n) is 7.85. The summed E-state index contributed by atoms with van der Waals surface area (Å²) in [7, 11) is 1.71. The molecule has 0 saturated carbocycles. The van der Waals surface area contributed by atoms with Crippen LogP contribution in [0.5, 0.6) is 0 Å². The van der Waals surface area contributed by atoms with Crippen LogP contribution < -0.4 is 5.32 Å². The number of tetrazole rings is 1. The van der Waals surface area contributed by atoms with E-state index in [-0.39, 0.29) is 11.7 Å². The number of hydrogen-bond acceptors (Lipinski definition) is 6. The Balaban J connectivity index is 1.89. The van der Waals surface area contributed by atoms with Gasteiger partial charge in [-0.05, 0) is 42.0 Å². The minimum atomic E-state index is -0.232. The lowest BCUT2D eigenvalue weighted by Crippen LogP contribution is -2.18. The van der Waals surface area contributed by atoms with Crippen LogP contribution in [0.3, 0.4) is 0 Å². The van der Waals surface area contributed by atoms with Crippen molar-refractivity contribution in [2.24, 2.45) is 7.05 Å². The van der Waals surface area contributed by atoms with Crippen LogP contribution in [0.4, 0.5) is 5.82 Å². The quantitative estimate of drug-likeness (QED) is 0.694. The second-order valence-electron chi connectivity index (χ2n) is 5.64. The Morgan fingerprint density at radius 1 is 1.31 bits per heavy atom. The second-order valence-corrected chi connectivity index (χ2v) is 6.58. The first kappa shape index (κ1) is 17.7. The van der Waals surface area contributed by atoms with Gasteiger partial charge in [-0.15, -0.1) is 5.10 Å². The molecule has 0 spiro atoms. The third-order valence-corrected chi connectivity index (χ3v) is 5.02. The van der Waals surface area contributed by atoms with E-state index in [0.717, 1.165) is 16.9 Å². The summed E-state index contributed by atoms with van der Waals surface area (Å²) in [4.78, 5) is 12.5. The van der Waals surface area contributed by atoms with Crippen molar-refractivity contribution in [2.45, 2.75) is 19.0 Å². The summed E-state index contributed by atoms with van der Waals surface area (Å²) in [6, 6.07) is 11.8. The molecule has 3 aromatic rings.